The number of hydrogen-bond acceptors (Lipinski definition) is 6. The zero-order valence-corrected chi connectivity index (χ0v) is 21.5. The largest absolute Gasteiger partial charge is 0.466 e. The van der Waals surface area contributed by atoms with E-state index in [-0.39, 0.29) is 30.4 Å². The number of ether oxygens (including phenoxy) is 2. The molecule has 0 aromatic rings. The molecule has 0 saturated carbocycles. The van der Waals surface area contributed by atoms with Crippen molar-refractivity contribution in [2.24, 2.45) is 17.3 Å². The van der Waals surface area contributed by atoms with E-state index in [0.717, 1.165) is 6.42 Å². The van der Waals surface area contributed by atoms with Gasteiger partial charge in [0.05, 0.1) is 30.8 Å². The van der Waals surface area contributed by atoms with Crippen LogP contribution in [0.15, 0.2) is 0 Å². The Morgan fingerprint density at radius 3 is 2.39 bits per heavy atom. The molecule has 1 spiro atoms. The van der Waals surface area contributed by atoms with Crippen LogP contribution in [0.4, 0.5) is 0 Å². The molecule has 0 radical (unpaired) electrons. The van der Waals surface area contributed by atoms with Crippen LogP contribution < -0.4 is 5.32 Å². The molecule has 0 aromatic carbocycles. The van der Waals surface area contributed by atoms with E-state index in [1.54, 1.807) is 13.8 Å². The molecule has 3 aliphatic rings. The maximum atomic E-state index is 13.9. The van der Waals surface area contributed by atoms with Crippen LogP contribution in [0, 0.1) is 17.3 Å². The van der Waals surface area contributed by atoms with Gasteiger partial charge in [-0.25, -0.2) is 0 Å². The first-order chi connectivity index (χ1) is 15.2. The number of aliphatic hydroxyl groups excluding tert-OH is 1. The highest BCUT2D eigenvalue weighted by atomic mass is 16.6. The summed E-state index contributed by atoms with van der Waals surface area (Å²) in [4.78, 5) is 42.2. The number of likely N-dealkylation sites (tertiary alicyclic amines) is 1. The van der Waals surface area contributed by atoms with Gasteiger partial charge >= 0.3 is 5.97 Å². The van der Waals surface area contributed by atoms with E-state index in [9.17, 15) is 19.5 Å². The average Bonchev–Trinajstić information content (AvgIpc) is 3.28. The van der Waals surface area contributed by atoms with Gasteiger partial charge < -0.3 is 24.8 Å². The predicted octanol–water partition coefficient (Wildman–Crippen LogP) is 2.42. The van der Waals surface area contributed by atoms with Crippen molar-refractivity contribution in [2.45, 2.75) is 110 Å². The first kappa shape index (κ1) is 25.9. The number of carbonyl (C=O) groups is 3. The lowest BCUT2D eigenvalue weighted by Gasteiger charge is -2.39. The lowest BCUT2D eigenvalue weighted by Crippen LogP contribution is -2.61. The zero-order chi connectivity index (χ0) is 25.0. The molecule has 3 aliphatic heterocycles. The first-order valence-corrected chi connectivity index (χ1v) is 12.3. The third kappa shape index (κ3) is 4.18. The van der Waals surface area contributed by atoms with Crippen LogP contribution >= 0.6 is 0 Å². The molecule has 33 heavy (non-hydrogen) atoms. The summed E-state index contributed by atoms with van der Waals surface area (Å²) in [5, 5.41) is 13.1. The van der Waals surface area contributed by atoms with Gasteiger partial charge in [0.15, 0.2) is 0 Å². The molecular weight excluding hydrogens is 424 g/mol. The number of hydrogen-bond donors (Lipinski definition) is 2. The van der Waals surface area contributed by atoms with Crippen molar-refractivity contribution >= 4 is 17.8 Å². The van der Waals surface area contributed by atoms with E-state index < -0.39 is 46.6 Å². The number of esters is 1. The second-order valence-corrected chi connectivity index (χ2v) is 12.0. The van der Waals surface area contributed by atoms with Crippen LogP contribution in [-0.2, 0) is 23.9 Å². The Morgan fingerprint density at radius 2 is 1.88 bits per heavy atom. The molecule has 2 bridgehead atoms. The van der Waals surface area contributed by atoms with Crippen LogP contribution in [0.2, 0.25) is 0 Å². The molecule has 3 fully saturated rings. The Balaban J connectivity index is 2.05. The molecule has 0 aliphatic carbocycles. The van der Waals surface area contributed by atoms with Crippen molar-refractivity contribution in [1.82, 2.24) is 10.2 Å². The van der Waals surface area contributed by atoms with Crippen LogP contribution in [0.3, 0.4) is 0 Å². The molecule has 8 heteroatoms. The lowest BCUT2D eigenvalue weighted by molar-refractivity contribution is -0.161. The fourth-order valence-electron chi connectivity index (χ4n) is 6.88. The lowest BCUT2D eigenvalue weighted by atomic mass is 9.65. The van der Waals surface area contributed by atoms with Gasteiger partial charge in [-0.2, -0.15) is 0 Å². The molecule has 0 aromatic heterocycles. The fourth-order valence-corrected chi connectivity index (χ4v) is 6.88. The molecule has 3 saturated heterocycles. The van der Waals surface area contributed by atoms with Crippen LogP contribution in [-0.4, -0.2) is 69.8 Å². The number of nitrogens with zero attached hydrogens (tertiary/aromatic N) is 1. The van der Waals surface area contributed by atoms with Crippen molar-refractivity contribution in [3.05, 3.63) is 0 Å². The Hall–Kier alpha value is -1.67. The number of aliphatic hydroxyl groups is 1. The number of amides is 2. The summed E-state index contributed by atoms with van der Waals surface area (Å²) in [6, 6.07) is -1.49. The molecule has 3 heterocycles. The van der Waals surface area contributed by atoms with E-state index >= 15 is 0 Å². The molecule has 3 rings (SSSR count). The van der Waals surface area contributed by atoms with Gasteiger partial charge in [0.25, 0.3) is 0 Å². The quantitative estimate of drug-likeness (QED) is 0.532. The number of nitrogens with one attached hydrogen (secondary N) is 1. The standard InChI is InChI=1S/C25H42N2O6/c1-9-24-11-12-25(33-24)16(17(24)21(31)32-10-2)20(30)27(15(3)13-28)18(25)19(29)26-23(7,8)14-22(4,5)6/h15-18,28H,9-14H2,1-8H3,(H,26,29)/t15-,16+,17-,18?,24+,25?/m1/s1. The van der Waals surface area contributed by atoms with E-state index in [0.29, 0.717) is 19.3 Å². The monoisotopic (exact) mass is 466 g/mol. The highest BCUT2D eigenvalue weighted by molar-refractivity contribution is 5.98. The summed E-state index contributed by atoms with van der Waals surface area (Å²) < 4.78 is 12.0. The predicted molar refractivity (Wildman–Crippen MR) is 123 cm³/mol. The van der Waals surface area contributed by atoms with Crippen molar-refractivity contribution in [3.8, 4) is 0 Å². The average molecular weight is 467 g/mol. The second kappa shape index (κ2) is 8.52. The summed E-state index contributed by atoms with van der Waals surface area (Å²) in [5.41, 5.74) is -2.43. The van der Waals surface area contributed by atoms with E-state index in [4.69, 9.17) is 9.47 Å². The third-order valence-electron chi connectivity index (χ3n) is 7.58. The topological polar surface area (TPSA) is 105 Å². The van der Waals surface area contributed by atoms with Gasteiger partial charge in [0.2, 0.25) is 11.8 Å². The summed E-state index contributed by atoms with van der Waals surface area (Å²) in [7, 11) is 0. The van der Waals surface area contributed by atoms with Crippen LogP contribution in [0.5, 0.6) is 0 Å². The van der Waals surface area contributed by atoms with Crippen molar-refractivity contribution in [1.29, 1.82) is 0 Å². The van der Waals surface area contributed by atoms with E-state index in [2.05, 4.69) is 26.1 Å². The molecule has 2 amide bonds. The highest BCUT2D eigenvalue weighted by Crippen LogP contribution is 2.64. The van der Waals surface area contributed by atoms with E-state index in [1.807, 2.05) is 20.8 Å². The van der Waals surface area contributed by atoms with Gasteiger partial charge in [-0.1, -0.05) is 27.7 Å². The molecule has 6 atom stereocenters. The van der Waals surface area contributed by atoms with Crippen LogP contribution in [0.25, 0.3) is 0 Å². The van der Waals surface area contributed by atoms with Gasteiger partial charge in [0.1, 0.15) is 17.6 Å². The Bertz CT molecular complexity index is 805. The second-order valence-electron chi connectivity index (χ2n) is 12.0. The smallest absolute Gasteiger partial charge is 0.312 e. The molecule has 188 valence electrons. The van der Waals surface area contributed by atoms with Gasteiger partial charge in [0, 0.05) is 5.54 Å². The Morgan fingerprint density at radius 1 is 1.24 bits per heavy atom. The van der Waals surface area contributed by atoms with E-state index in [1.165, 1.54) is 4.90 Å². The first-order valence-electron chi connectivity index (χ1n) is 12.3. The minimum Gasteiger partial charge on any atom is -0.466 e. The van der Waals surface area contributed by atoms with Gasteiger partial charge in [-0.15, -0.1) is 0 Å². The normalized spacial score (nSPS) is 34.4. The number of rotatable bonds is 8. The summed E-state index contributed by atoms with van der Waals surface area (Å²) in [6.07, 6.45) is 2.40. The van der Waals surface area contributed by atoms with Crippen molar-refractivity contribution in [3.63, 3.8) is 0 Å². The molecule has 2 unspecified atom stereocenters. The van der Waals surface area contributed by atoms with Gasteiger partial charge in [-0.05, 0) is 58.8 Å². The summed E-state index contributed by atoms with van der Waals surface area (Å²) >= 11 is 0. The molecule has 2 N–H and O–H groups in total. The summed E-state index contributed by atoms with van der Waals surface area (Å²) in [6.45, 7) is 15.6. The fraction of sp³-hybridized carbons (Fsp3) is 0.880. The minimum absolute atomic E-state index is 0.00917. The molecular formula is C25H42N2O6. The zero-order valence-electron chi connectivity index (χ0n) is 21.5. The minimum atomic E-state index is -1.10. The Kier molecular flexibility index (Phi) is 6.70. The SMILES string of the molecule is CCOC(=O)[C@H]1[C@H]2C(=O)N([C@H](C)CO)C(C(=O)NC(C)(C)CC(C)(C)C)C23CC[C@]1(CC)O3. The number of carbonyl (C=O) groups excluding carboxylic acids is 3. The highest BCUT2D eigenvalue weighted by Gasteiger charge is 2.79. The molecule has 8 nitrogen and oxygen atoms in total. The van der Waals surface area contributed by atoms with Gasteiger partial charge in [-0.3, -0.25) is 14.4 Å². The summed E-state index contributed by atoms with van der Waals surface area (Å²) in [5.74, 6) is -2.58. The maximum absolute atomic E-state index is 13.9. The van der Waals surface area contributed by atoms with Crippen LogP contribution in [0.1, 0.15) is 81.1 Å². The Labute approximate surface area is 197 Å². The maximum Gasteiger partial charge on any atom is 0.312 e. The third-order valence-corrected chi connectivity index (χ3v) is 7.58. The van der Waals surface area contributed by atoms with Crippen molar-refractivity contribution in [2.75, 3.05) is 13.2 Å². The van der Waals surface area contributed by atoms with Crippen molar-refractivity contribution < 1.29 is 29.0 Å². The number of fused-ring (bicyclic) bond motifs is 1.